The van der Waals surface area contributed by atoms with Gasteiger partial charge in [0.2, 0.25) is 5.95 Å². The molecule has 2 fully saturated rings. The van der Waals surface area contributed by atoms with Crippen molar-refractivity contribution in [3.8, 4) is 5.82 Å². The largest absolute Gasteiger partial charge is 0.389 e. The maximum atomic E-state index is 13.6. The van der Waals surface area contributed by atoms with E-state index in [0.717, 1.165) is 30.4 Å². The number of aromatic nitrogens is 4. The molecule has 0 radical (unpaired) electrons. The summed E-state index contributed by atoms with van der Waals surface area (Å²) in [7, 11) is 0. The Hall–Kier alpha value is -3.32. The van der Waals surface area contributed by atoms with Gasteiger partial charge in [-0.2, -0.15) is 15.1 Å². The summed E-state index contributed by atoms with van der Waals surface area (Å²) in [5.41, 5.74) is 8.32. The Bertz CT molecular complexity index is 1310. The molecule has 2 aromatic heterocycles. The Morgan fingerprint density at radius 2 is 1.64 bits per heavy atom. The van der Waals surface area contributed by atoms with Gasteiger partial charge in [0, 0.05) is 68.7 Å². The maximum absolute atomic E-state index is 13.6. The SMILES string of the molecule is Cc1c(/C=C/CN2CCN(c3cc(F)cc(F)c3)C[C@@H]2C)cnn1-c1cc(N2C[C@H](O)[C@@H](O)C2)nc(N)n1.Cl. The van der Waals surface area contributed by atoms with Gasteiger partial charge in [0.05, 0.1) is 24.1 Å². The smallest absolute Gasteiger partial charge is 0.224 e. The molecule has 0 unspecified atom stereocenters. The van der Waals surface area contributed by atoms with E-state index in [-0.39, 0.29) is 37.5 Å². The van der Waals surface area contributed by atoms with Gasteiger partial charge in [-0.25, -0.2) is 13.5 Å². The van der Waals surface area contributed by atoms with Crippen molar-refractivity contribution >= 4 is 35.9 Å². The van der Waals surface area contributed by atoms with Crippen LogP contribution in [0.25, 0.3) is 11.9 Å². The minimum Gasteiger partial charge on any atom is -0.389 e. The second-order valence-electron chi connectivity index (χ2n) is 9.90. The lowest BCUT2D eigenvalue weighted by molar-refractivity contribution is 0.0572. The predicted molar refractivity (Wildman–Crippen MR) is 148 cm³/mol. The van der Waals surface area contributed by atoms with E-state index in [1.807, 2.05) is 17.9 Å². The molecule has 4 heterocycles. The van der Waals surface area contributed by atoms with Gasteiger partial charge >= 0.3 is 0 Å². The normalized spacial score (nSPS) is 22.1. The first-order chi connectivity index (χ1) is 18.2. The zero-order valence-electron chi connectivity index (χ0n) is 21.8. The number of piperazine rings is 1. The zero-order chi connectivity index (χ0) is 27.0. The molecule has 2 aliphatic rings. The van der Waals surface area contributed by atoms with E-state index in [4.69, 9.17) is 5.73 Å². The van der Waals surface area contributed by atoms with Crippen molar-refractivity contribution in [2.75, 3.05) is 54.8 Å². The third-order valence-corrected chi connectivity index (χ3v) is 7.18. The van der Waals surface area contributed by atoms with Crippen LogP contribution in [-0.4, -0.2) is 92.4 Å². The number of nitrogens with two attached hydrogens (primary N) is 1. The number of halogens is 3. The second-order valence-corrected chi connectivity index (χ2v) is 9.90. The van der Waals surface area contributed by atoms with Crippen LogP contribution in [0.4, 0.5) is 26.2 Å². The molecule has 210 valence electrons. The fraction of sp³-hybridized carbons (Fsp3) is 0.423. The number of nitrogens with zero attached hydrogens (tertiary/aromatic N) is 7. The average Bonchev–Trinajstić information content (AvgIpc) is 3.40. The van der Waals surface area contributed by atoms with Crippen molar-refractivity contribution in [3.05, 3.63) is 59.4 Å². The molecule has 4 N–H and O–H groups in total. The van der Waals surface area contributed by atoms with Crippen LogP contribution < -0.4 is 15.5 Å². The minimum absolute atomic E-state index is 0. The molecule has 0 spiro atoms. The van der Waals surface area contributed by atoms with Gasteiger partial charge in [0.1, 0.15) is 17.5 Å². The highest BCUT2D eigenvalue weighted by Gasteiger charge is 2.31. The standard InChI is InChI=1S/C26H32F2N8O2.ClH/c1-16-13-34(21-9-19(27)8-20(28)10-21)7-6-33(16)5-3-4-18-12-30-36(17(18)2)25-11-24(31-26(29)32-25)35-14-22(37)23(38)15-35;/h3-4,8-12,16,22-23,37-38H,5-7,13-15H2,1-2H3,(H2,29,31,32);1H/b4-3+;/t16-,22-,23-;/m0./s1. The molecule has 10 nitrogen and oxygen atoms in total. The van der Waals surface area contributed by atoms with Crippen LogP contribution in [0.3, 0.4) is 0 Å². The molecule has 39 heavy (non-hydrogen) atoms. The number of anilines is 3. The molecule has 13 heteroatoms. The van der Waals surface area contributed by atoms with Gasteiger partial charge in [-0.15, -0.1) is 12.4 Å². The molecule has 1 aromatic carbocycles. The van der Waals surface area contributed by atoms with E-state index in [2.05, 4.69) is 33.0 Å². The Labute approximate surface area is 231 Å². The number of benzene rings is 1. The number of aliphatic hydroxyl groups excluding tert-OH is 2. The first-order valence-corrected chi connectivity index (χ1v) is 12.6. The fourth-order valence-electron chi connectivity index (χ4n) is 5.02. The summed E-state index contributed by atoms with van der Waals surface area (Å²) in [4.78, 5) is 14.7. The van der Waals surface area contributed by atoms with Gasteiger partial charge in [-0.3, -0.25) is 4.90 Å². The topological polar surface area (TPSA) is 120 Å². The van der Waals surface area contributed by atoms with Crippen LogP contribution in [0.1, 0.15) is 18.2 Å². The Morgan fingerprint density at radius 3 is 2.31 bits per heavy atom. The number of aliphatic hydroxyl groups is 2. The summed E-state index contributed by atoms with van der Waals surface area (Å²) in [5, 5.41) is 24.3. The van der Waals surface area contributed by atoms with Gasteiger partial charge in [-0.05, 0) is 26.0 Å². The van der Waals surface area contributed by atoms with E-state index in [1.165, 1.54) is 12.1 Å². The molecule has 3 atom stereocenters. The molecule has 0 amide bonds. The molecule has 5 rings (SSSR count). The molecular formula is C26H33ClF2N8O2. The highest BCUT2D eigenvalue weighted by molar-refractivity contribution is 5.85. The van der Waals surface area contributed by atoms with Crippen LogP contribution in [-0.2, 0) is 0 Å². The summed E-state index contributed by atoms with van der Waals surface area (Å²) in [6, 6.07) is 5.57. The predicted octanol–water partition coefficient (Wildman–Crippen LogP) is 2.02. The van der Waals surface area contributed by atoms with Crippen LogP contribution in [0.2, 0.25) is 0 Å². The van der Waals surface area contributed by atoms with Crippen molar-refractivity contribution < 1.29 is 19.0 Å². The molecular weight excluding hydrogens is 530 g/mol. The van der Waals surface area contributed by atoms with E-state index in [9.17, 15) is 19.0 Å². The quantitative estimate of drug-likeness (QED) is 0.414. The van der Waals surface area contributed by atoms with Gasteiger partial charge in [0.15, 0.2) is 5.82 Å². The van der Waals surface area contributed by atoms with E-state index < -0.39 is 23.8 Å². The number of nitrogen functional groups attached to an aromatic ring is 1. The molecule has 3 aromatic rings. The summed E-state index contributed by atoms with van der Waals surface area (Å²) < 4.78 is 29.0. The van der Waals surface area contributed by atoms with Crippen molar-refractivity contribution in [2.45, 2.75) is 32.1 Å². The minimum atomic E-state index is -0.840. The van der Waals surface area contributed by atoms with E-state index in [1.54, 1.807) is 21.8 Å². The Morgan fingerprint density at radius 1 is 0.974 bits per heavy atom. The number of β-amino-alcohol motifs (C(OH)–C–C–N with tert-alkyl or cyclic N) is 2. The molecule has 0 bridgehead atoms. The van der Waals surface area contributed by atoms with Crippen molar-refractivity contribution in [1.82, 2.24) is 24.6 Å². The van der Waals surface area contributed by atoms with E-state index in [0.29, 0.717) is 30.4 Å². The third-order valence-electron chi connectivity index (χ3n) is 7.18. The zero-order valence-corrected chi connectivity index (χ0v) is 22.6. The molecule has 0 aliphatic carbocycles. The number of rotatable bonds is 6. The fourth-order valence-corrected chi connectivity index (χ4v) is 5.02. The Kier molecular flexibility index (Phi) is 8.70. The number of hydrogen-bond donors (Lipinski definition) is 3. The average molecular weight is 563 g/mol. The summed E-state index contributed by atoms with van der Waals surface area (Å²) in [6.07, 6.45) is 4.17. The third kappa shape index (κ3) is 6.30. The highest BCUT2D eigenvalue weighted by atomic mass is 35.5. The lowest BCUT2D eigenvalue weighted by Crippen LogP contribution is -2.51. The van der Waals surface area contributed by atoms with Crippen molar-refractivity contribution in [2.24, 2.45) is 0 Å². The van der Waals surface area contributed by atoms with Crippen LogP contribution in [0, 0.1) is 18.6 Å². The van der Waals surface area contributed by atoms with Gasteiger partial charge in [0.25, 0.3) is 0 Å². The number of hydrogen-bond acceptors (Lipinski definition) is 9. The Balaban J connectivity index is 0.00000353. The van der Waals surface area contributed by atoms with Crippen molar-refractivity contribution in [3.63, 3.8) is 0 Å². The first kappa shape index (κ1) is 28.7. The van der Waals surface area contributed by atoms with Gasteiger partial charge in [-0.1, -0.05) is 12.2 Å². The lowest BCUT2D eigenvalue weighted by Gasteiger charge is -2.40. The molecule has 2 saturated heterocycles. The van der Waals surface area contributed by atoms with Crippen LogP contribution in [0.15, 0.2) is 36.5 Å². The molecule has 2 aliphatic heterocycles. The second kappa shape index (κ2) is 11.8. The lowest BCUT2D eigenvalue weighted by atomic mass is 10.1. The maximum Gasteiger partial charge on any atom is 0.224 e. The van der Waals surface area contributed by atoms with Crippen LogP contribution in [0.5, 0.6) is 0 Å². The highest BCUT2D eigenvalue weighted by Crippen LogP contribution is 2.24. The van der Waals surface area contributed by atoms with Crippen molar-refractivity contribution in [1.29, 1.82) is 0 Å². The van der Waals surface area contributed by atoms with Gasteiger partial charge < -0.3 is 25.7 Å². The monoisotopic (exact) mass is 562 g/mol. The van der Waals surface area contributed by atoms with E-state index >= 15 is 0 Å². The summed E-state index contributed by atoms with van der Waals surface area (Å²) in [5.74, 6) is -0.0374. The molecule has 0 saturated carbocycles. The van der Waals surface area contributed by atoms with Crippen LogP contribution >= 0.6 is 12.4 Å². The summed E-state index contributed by atoms with van der Waals surface area (Å²) in [6.45, 7) is 7.41. The summed E-state index contributed by atoms with van der Waals surface area (Å²) >= 11 is 0. The first-order valence-electron chi connectivity index (χ1n) is 12.6.